The number of hydrogen-bond donors (Lipinski definition) is 2. The summed E-state index contributed by atoms with van der Waals surface area (Å²) in [6, 6.07) is 9.45. The number of aromatic nitrogens is 4. The van der Waals surface area contributed by atoms with Crippen molar-refractivity contribution in [2.75, 3.05) is 6.56 Å². The molecular formula is C38H48F2N6O4SSi. The van der Waals surface area contributed by atoms with Crippen molar-refractivity contribution >= 4 is 36.2 Å². The Balaban J connectivity index is 1.23. The summed E-state index contributed by atoms with van der Waals surface area (Å²) in [6.45, 7) is 12.8. The first kappa shape index (κ1) is 34.2. The molecule has 4 aromatic rings. The molecule has 2 bridgehead atoms. The van der Waals surface area contributed by atoms with Gasteiger partial charge in [-0.15, -0.1) is 0 Å². The molecule has 10 nitrogen and oxygen atoms in total. The third-order valence-corrected chi connectivity index (χ3v) is 16.9. The second-order valence-corrected chi connectivity index (χ2v) is 23.8. The van der Waals surface area contributed by atoms with E-state index in [-0.39, 0.29) is 35.1 Å². The van der Waals surface area contributed by atoms with E-state index in [0.29, 0.717) is 34.7 Å². The third-order valence-electron chi connectivity index (χ3n) is 11.0. The molecule has 52 heavy (non-hydrogen) atoms. The van der Waals surface area contributed by atoms with Crippen molar-refractivity contribution in [1.82, 2.24) is 29.6 Å². The van der Waals surface area contributed by atoms with Crippen molar-refractivity contribution in [3.63, 3.8) is 0 Å². The van der Waals surface area contributed by atoms with Gasteiger partial charge in [0.2, 0.25) is 0 Å². The van der Waals surface area contributed by atoms with Crippen LogP contribution in [0.5, 0.6) is 5.75 Å². The number of rotatable bonds is 9. The van der Waals surface area contributed by atoms with Crippen LogP contribution >= 0.6 is 0 Å². The largest absolute Gasteiger partial charge is 0.434 e. The highest BCUT2D eigenvalue weighted by Crippen LogP contribution is 2.55. The van der Waals surface area contributed by atoms with E-state index in [1.54, 1.807) is 18.5 Å². The molecular weight excluding hydrogens is 703 g/mol. The molecule has 278 valence electrons. The van der Waals surface area contributed by atoms with Gasteiger partial charge in [0.1, 0.15) is 17.4 Å². The molecule has 2 aromatic carbocycles. The van der Waals surface area contributed by atoms with Gasteiger partial charge >= 0.3 is 6.61 Å². The lowest BCUT2D eigenvalue weighted by Crippen LogP contribution is -2.62. The molecule has 7 rings (SSSR count). The number of nitrogens with zero attached hydrogens (tertiary/aromatic N) is 4. The van der Waals surface area contributed by atoms with E-state index in [2.05, 4.69) is 30.8 Å². The Morgan fingerprint density at radius 3 is 2.44 bits per heavy atom. The normalized spacial score (nSPS) is 25.8. The average molecular weight is 753 g/mol. The predicted octanol–water partition coefficient (Wildman–Crippen LogP) is 7.94. The first-order chi connectivity index (χ1) is 25.0. The molecule has 1 aliphatic carbocycles. The van der Waals surface area contributed by atoms with Gasteiger partial charge in [-0.2, -0.15) is 8.78 Å². The number of ether oxygens (including phenoxy) is 1. The average Bonchev–Trinajstić information content (AvgIpc) is 3.54. The van der Waals surface area contributed by atoms with Gasteiger partial charge in [0.15, 0.2) is 8.32 Å². The molecule has 1 saturated carbocycles. The highest BCUT2D eigenvalue weighted by Gasteiger charge is 2.57. The second kappa shape index (κ2) is 12.5. The van der Waals surface area contributed by atoms with Crippen molar-refractivity contribution in [2.45, 2.75) is 115 Å². The Kier molecular flexibility index (Phi) is 8.21. The highest BCUT2D eigenvalue weighted by molar-refractivity contribution is 7.84. The van der Waals surface area contributed by atoms with Crippen LogP contribution in [-0.2, 0) is 21.0 Å². The van der Waals surface area contributed by atoms with Gasteiger partial charge in [-0.05, 0) is 93.4 Å². The number of imidazole rings is 1. The number of nitrogens with one attached hydrogen (secondary N) is 2. The Labute approximate surface area is 310 Å². The molecule has 0 unspecified atom stereocenters. The molecule has 0 radical (unpaired) electrons. The maximum absolute atomic E-state index is 13.6. The number of hydrogen-bond acceptors (Lipinski definition) is 7. The van der Waals surface area contributed by atoms with Crippen molar-refractivity contribution < 1.29 is 29.7 Å². The van der Waals surface area contributed by atoms with Crippen LogP contribution in [0, 0.1) is 5.41 Å². The zero-order chi connectivity index (χ0) is 39.4. The molecule has 1 fully saturated rings. The maximum Gasteiger partial charge on any atom is 0.387 e. The molecule has 0 spiro atoms. The van der Waals surface area contributed by atoms with Gasteiger partial charge in [0.25, 0.3) is 5.91 Å². The van der Waals surface area contributed by atoms with Gasteiger partial charge in [0.05, 0.1) is 47.1 Å². The lowest BCUT2D eigenvalue weighted by molar-refractivity contribution is -0.0507. The monoisotopic (exact) mass is 752 g/mol. The van der Waals surface area contributed by atoms with Crippen LogP contribution in [-0.4, -0.2) is 55.9 Å². The van der Waals surface area contributed by atoms with Crippen LogP contribution in [0.4, 0.5) is 8.78 Å². The van der Waals surface area contributed by atoms with Gasteiger partial charge in [-0.3, -0.25) is 4.79 Å². The van der Waals surface area contributed by atoms with Gasteiger partial charge in [-0.25, -0.2) is 23.9 Å². The fourth-order valence-electron chi connectivity index (χ4n) is 7.28. The topological polar surface area (TPSA) is 120 Å². The van der Waals surface area contributed by atoms with Crippen molar-refractivity contribution in [1.29, 1.82) is 0 Å². The number of benzene rings is 2. The lowest BCUT2D eigenvalue weighted by atomic mass is 9.58. The molecule has 3 atom stereocenters. The van der Waals surface area contributed by atoms with Gasteiger partial charge in [-0.1, -0.05) is 39.8 Å². The second-order valence-electron chi connectivity index (χ2n) is 17.2. The molecule has 1 amide bonds. The summed E-state index contributed by atoms with van der Waals surface area (Å²) >= 11 is 0. The summed E-state index contributed by atoms with van der Waals surface area (Å²) in [5.41, 5.74) is 1.75. The predicted molar refractivity (Wildman–Crippen MR) is 200 cm³/mol. The molecule has 14 heteroatoms. The van der Waals surface area contributed by atoms with Crippen molar-refractivity contribution in [3.05, 3.63) is 71.6 Å². The molecule has 4 heterocycles. The zero-order valence-electron chi connectivity index (χ0n) is 33.1. The van der Waals surface area contributed by atoms with Crippen LogP contribution in [0.15, 0.2) is 48.8 Å². The first-order valence-corrected chi connectivity index (χ1v) is 21.6. The number of fused-ring (bicyclic) bond motifs is 9. The smallest absolute Gasteiger partial charge is 0.387 e. The molecule has 0 saturated heterocycles. The minimum Gasteiger partial charge on any atom is -0.434 e. The van der Waals surface area contributed by atoms with E-state index in [4.69, 9.17) is 26.9 Å². The van der Waals surface area contributed by atoms with Crippen LogP contribution in [0.1, 0.15) is 110 Å². The van der Waals surface area contributed by atoms with Crippen LogP contribution in [0.2, 0.25) is 18.1 Å². The quantitative estimate of drug-likeness (QED) is 0.167. The van der Waals surface area contributed by atoms with Crippen molar-refractivity contribution in [3.8, 4) is 16.9 Å². The Bertz CT molecular complexity index is 2160. The first-order valence-electron chi connectivity index (χ1n) is 18.6. The Hall–Kier alpha value is -3.59. The van der Waals surface area contributed by atoms with Gasteiger partial charge < -0.3 is 19.0 Å². The van der Waals surface area contributed by atoms with E-state index < -0.39 is 60.3 Å². The summed E-state index contributed by atoms with van der Waals surface area (Å²) in [4.78, 5) is 27.6. The zero-order valence-corrected chi connectivity index (χ0v) is 32.9. The summed E-state index contributed by atoms with van der Waals surface area (Å²) in [5.74, 6) is 0.646. The Morgan fingerprint density at radius 2 is 1.81 bits per heavy atom. The number of carbonyl (C=O) groups is 1. The minimum absolute atomic E-state index is 0.0419. The fraction of sp³-hybridized carbons (Fsp3) is 0.526. The number of halogens is 2. The summed E-state index contributed by atoms with van der Waals surface area (Å²) in [6.07, 6.45) is 4.39. The van der Waals surface area contributed by atoms with E-state index in [1.807, 2.05) is 63.6 Å². The van der Waals surface area contributed by atoms with Crippen LogP contribution in [0.25, 0.3) is 22.2 Å². The number of alkyl halides is 2. The maximum atomic E-state index is 13.6. The number of amides is 1. The summed E-state index contributed by atoms with van der Waals surface area (Å²) in [7, 11) is -3.97. The lowest BCUT2D eigenvalue weighted by Gasteiger charge is -2.55. The summed E-state index contributed by atoms with van der Waals surface area (Å²) < 4.78 is 74.8. The highest BCUT2D eigenvalue weighted by atomic mass is 32.2. The molecule has 3 aliphatic rings. The standard InChI is InChI=1S/C38H48F2N6O4SSi/c1-35(2,3)51(48)45-38(19-37(7,20-38)21-49-52(8,9)36(4,5)6)33-41-17-23(18-42-33)22-13-14-25-27(15-22)46-28-16-26(31(46)43-25)44-32(47)24-11-10-12-29(30(24)28)50-34(39)40/h10-15,17-18,26,28,34,45H,16,19-21H2,1-9H3,(H,44,47)/t26-,28-,37?,38?,51-/m1/s1/i21D2. The third kappa shape index (κ3) is 6.39. The van der Waals surface area contributed by atoms with E-state index in [9.17, 15) is 17.8 Å². The Morgan fingerprint density at radius 1 is 1.12 bits per heavy atom. The molecule has 2 aliphatic heterocycles. The summed E-state index contributed by atoms with van der Waals surface area (Å²) in [5, 5.41) is 2.83. The van der Waals surface area contributed by atoms with E-state index in [0.717, 1.165) is 11.1 Å². The fourth-order valence-corrected chi connectivity index (χ4v) is 8.98. The van der Waals surface area contributed by atoms with Gasteiger partial charge in [0, 0.05) is 35.6 Å². The van der Waals surface area contributed by atoms with Crippen LogP contribution in [0.3, 0.4) is 0 Å². The minimum atomic E-state index is -3.05. The van der Waals surface area contributed by atoms with Crippen LogP contribution < -0.4 is 14.8 Å². The molecule has 2 N–H and O–H groups in total. The van der Waals surface area contributed by atoms with E-state index in [1.165, 1.54) is 12.1 Å². The number of carbonyl (C=O) groups excluding carboxylic acids is 1. The molecule has 2 aromatic heterocycles. The van der Waals surface area contributed by atoms with Crippen molar-refractivity contribution in [2.24, 2.45) is 5.41 Å². The van der Waals surface area contributed by atoms with E-state index >= 15 is 0 Å². The SMILES string of the molecule is [2H]C([2H])(O[Si](C)(C)C(C)(C)C)C1(C)CC(N[S@](=O)C(C)(C)C)(c2ncc(-c3ccc4nc5n(c4c3)[C@@H]3C[C@H]5NC(=O)c4cccc(OC(F)F)c43)cn2)C1.